The van der Waals surface area contributed by atoms with Crippen LogP contribution in [0.3, 0.4) is 0 Å². The molecule has 198 valence electrons. The molecule has 3 rings (SSSR count). The number of aromatic nitrogens is 2. The summed E-state index contributed by atoms with van der Waals surface area (Å²) >= 11 is 0. The minimum atomic E-state index is -4.23. The lowest BCUT2D eigenvalue weighted by Crippen LogP contribution is -2.32. The first-order valence-corrected chi connectivity index (χ1v) is 13.6. The molecule has 1 N–H and O–H groups in total. The molecule has 1 aromatic carbocycles. The van der Waals surface area contributed by atoms with Gasteiger partial charge in [0.2, 0.25) is 5.88 Å². The number of amides is 1. The van der Waals surface area contributed by atoms with E-state index in [1.807, 2.05) is 32.4 Å². The van der Waals surface area contributed by atoms with E-state index < -0.39 is 21.7 Å². The molecular formula is C27H32FN3O5S. The summed E-state index contributed by atoms with van der Waals surface area (Å²) in [5.74, 6) is -0.864. The summed E-state index contributed by atoms with van der Waals surface area (Å²) in [5.41, 5.74) is 1.18. The van der Waals surface area contributed by atoms with Crippen molar-refractivity contribution in [2.45, 2.75) is 58.6 Å². The fraction of sp³-hybridized carbons (Fsp3) is 0.370. The average molecular weight is 530 g/mol. The number of carbonyl (C=O) groups is 1. The molecule has 1 atom stereocenters. The van der Waals surface area contributed by atoms with E-state index in [9.17, 15) is 17.6 Å². The standard InChI is InChI=1S/C27H32FN3O5S/c1-6-8-19(5)36-27-23(26(32)31-37(33,34)25-10-7-9-18(4)29-25)11-12-24(30-27)20-13-21(28)15-22(14-20)35-16-17(2)3/h7,9-15,17,19H,6,8,16H2,1-5H3,(H,31,32). The molecule has 0 aliphatic rings. The van der Waals surface area contributed by atoms with Crippen LogP contribution in [0.25, 0.3) is 11.3 Å². The molecule has 10 heteroatoms. The maximum Gasteiger partial charge on any atom is 0.281 e. The minimum Gasteiger partial charge on any atom is -0.493 e. The van der Waals surface area contributed by atoms with E-state index in [0.29, 0.717) is 35.7 Å². The molecule has 1 amide bonds. The fourth-order valence-corrected chi connectivity index (χ4v) is 4.45. The molecule has 0 aliphatic carbocycles. The zero-order chi connectivity index (χ0) is 27.2. The Labute approximate surface area is 217 Å². The number of pyridine rings is 2. The number of rotatable bonds is 11. The molecule has 0 saturated heterocycles. The number of nitrogens with zero attached hydrogens (tertiary/aromatic N) is 2. The van der Waals surface area contributed by atoms with Gasteiger partial charge in [0.15, 0.2) is 5.03 Å². The number of carbonyl (C=O) groups excluding carboxylic acids is 1. The van der Waals surface area contributed by atoms with Crippen LogP contribution in [-0.4, -0.2) is 37.0 Å². The molecule has 2 heterocycles. The van der Waals surface area contributed by atoms with Crippen LogP contribution in [0.1, 0.15) is 56.6 Å². The zero-order valence-electron chi connectivity index (χ0n) is 21.6. The smallest absolute Gasteiger partial charge is 0.281 e. The van der Waals surface area contributed by atoms with Crippen LogP contribution in [0.5, 0.6) is 11.6 Å². The minimum absolute atomic E-state index is 0.0581. The van der Waals surface area contributed by atoms with Crippen LogP contribution in [0.2, 0.25) is 0 Å². The second kappa shape index (κ2) is 12.1. The number of nitrogens with one attached hydrogen (secondary N) is 1. The van der Waals surface area contributed by atoms with E-state index in [1.165, 1.54) is 36.4 Å². The zero-order valence-corrected chi connectivity index (χ0v) is 22.4. The van der Waals surface area contributed by atoms with Gasteiger partial charge in [-0.2, -0.15) is 8.42 Å². The average Bonchev–Trinajstić information content (AvgIpc) is 2.82. The van der Waals surface area contributed by atoms with Crippen LogP contribution in [0, 0.1) is 18.7 Å². The van der Waals surface area contributed by atoms with Gasteiger partial charge in [-0.05, 0) is 62.6 Å². The normalized spacial score (nSPS) is 12.3. The van der Waals surface area contributed by atoms with Crippen molar-refractivity contribution in [2.24, 2.45) is 5.92 Å². The van der Waals surface area contributed by atoms with Crippen LogP contribution in [0.15, 0.2) is 53.6 Å². The largest absolute Gasteiger partial charge is 0.493 e. The van der Waals surface area contributed by atoms with Gasteiger partial charge in [-0.1, -0.05) is 33.3 Å². The Hall–Kier alpha value is -3.53. The second-order valence-electron chi connectivity index (χ2n) is 9.20. The second-order valence-corrected chi connectivity index (χ2v) is 10.8. The summed E-state index contributed by atoms with van der Waals surface area (Å²) in [6, 6.07) is 11.6. The van der Waals surface area contributed by atoms with Crippen molar-refractivity contribution in [3.63, 3.8) is 0 Å². The first-order chi connectivity index (χ1) is 17.5. The highest BCUT2D eigenvalue weighted by Gasteiger charge is 2.24. The first-order valence-electron chi connectivity index (χ1n) is 12.1. The maximum absolute atomic E-state index is 14.4. The SMILES string of the molecule is CCCC(C)Oc1nc(-c2cc(F)cc(OCC(C)C)c2)ccc1C(=O)NS(=O)(=O)c1cccc(C)n1. The van der Waals surface area contributed by atoms with Crippen LogP contribution >= 0.6 is 0 Å². The molecule has 8 nitrogen and oxygen atoms in total. The summed E-state index contributed by atoms with van der Waals surface area (Å²) in [6.45, 7) is 9.86. The Bertz CT molecular complexity index is 1360. The lowest BCUT2D eigenvalue weighted by molar-refractivity contribution is 0.0972. The highest BCUT2D eigenvalue weighted by Crippen LogP contribution is 2.29. The third-order valence-electron chi connectivity index (χ3n) is 5.23. The molecule has 0 radical (unpaired) electrons. The third-order valence-corrected chi connectivity index (χ3v) is 6.46. The van der Waals surface area contributed by atoms with E-state index in [4.69, 9.17) is 9.47 Å². The monoisotopic (exact) mass is 529 g/mol. The van der Waals surface area contributed by atoms with Crippen molar-refractivity contribution >= 4 is 15.9 Å². The van der Waals surface area contributed by atoms with Crippen molar-refractivity contribution in [1.82, 2.24) is 14.7 Å². The van der Waals surface area contributed by atoms with Gasteiger partial charge < -0.3 is 9.47 Å². The molecule has 1 unspecified atom stereocenters. The number of benzene rings is 1. The summed E-state index contributed by atoms with van der Waals surface area (Å²) in [7, 11) is -4.23. The Kier molecular flexibility index (Phi) is 9.20. The topological polar surface area (TPSA) is 107 Å². The Morgan fingerprint density at radius 3 is 2.51 bits per heavy atom. The van der Waals surface area contributed by atoms with Crippen molar-refractivity contribution in [2.75, 3.05) is 6.61 Å². The Morgan fingerprint density at radius 2 is 1.84 bits per heavy atom. The van der Waals surface area contributed by atoms with Gasteiger partial charge in [0.05, 0.1) is 18.4 Å². The van der Waals surface area contributed by atoms with Crippen molar-refractivity contribution in [3.8, 4) is 22.9 Å². The molecule has 0 fully saturated rings. The van der Waals surface area contributed by atoms with Crippen LogP contribution < -0.4 is 14.2 Å². The van der Waals surface area contributed by atoms with Crippen molar-refractivity contribution < 1.29 is 27.1 Å². The fourth-order valence-electron chi connectivity index (χ4n) is 3.47. The maximum atomic E-state index is 14.4. The summed E-state index contributed by atoms with van der Waals surface area (Å²) in [4.78, 5) is 21.5. The summed E-state index contributed by atoms with van der Waals surface area (Å²) in [6.07, 6.45) is 1.22. The van der Waals surface area contributed by atoms with Gasteiger partial charge in [-0.3, -0.25) is 4.79 Å². The van der Waals surface area contributed by atoms with Crippen LogP contribution in [0.4, 0.5) is 4.39 Å². The molecule has 0 saturated carbocycles. The van der Waals surface area contributed by atoms with E-state index in [-0.39, 0.29) is 28.5 Å². The summed E-state index contributed by atoms with van der Waals surface area (Å²) < 4.78 is 53.5. The number of hydrogen-bond acceptors (Lipinski definition) is 7. The molecule has 0 spiro atoms. The first kappa shape index (κ1) is 28.0. The highest BCUT2D eigenvalue weighted by atomic mass is 32.2. The van der Waals surface area contributed by atoms with E-state index in [0.717, 1.165) is 6.42 Å². The van der Waals surface area contributed by atoms with Crippen molar-refractivity contribution in [1.29, 1.82) is 0 Å². The van der Waals surface area contributed by atoms with Gasteiger partial charge in [0, 0.05) is 17.3 Å². The van der Waals surface area contributed by atoms with E-state index in [1.54, 1.807) is 19.1 Å². The van der Waals surface area contributed by atoms with Gasteiger partial charge in [-0.15, -0.1) is 0 Å². The number of hydrogen-bond donors (Lipinski definition) is 1. The van der Waals surface area contributed by atoms with Gasteiger partial charge in [0.1, 0.15) is 17.1 Å². The van der Waals surface area contributed by atoms with Gasteiger partial charge in [-0.25, -0.2) is 19.1 Å². The Balaban J connectivity index is 1.98. The predicted octanol–water partition coefficient (Wildman–Crippen LogP) is 5.31. The molecule has 2 aromatic heterocycles. The van der Waals surface area contributed by atoms with Crippen molar-refractivity contribution in [3.05, 3.63) is 65.6 Å². The highest BCUT2D eigenvalue weighted by molar-refractivity contribution is 7.90. The third kappa shape index (κ3) is 7.72. The number of halogens is 1. The number of aryl methyl sites for hydroxylation is 1. The molecular weight excluding hydrogens is 497 g/mol. The Morgan fingerprint density at radius 1 is 1.08 bits per heavy atom. The van der Waals surface area contributed by atoms with Crippen LogP contribution in [-0.2, 0) is 10.0 Å². The summed E-state index contributed by atoms with van der Waals surface area (Å²) in [5, 5.41) is -0.277. The number of sulfonamides is 1. The lowest BCUT2D eigenvalue weighted by atomic mass is 10.1. The van der Waals surface area contributed by atoms with Gasteiger partial charge >= 0.3 is 0 Å². The van der Waals surface area contributed by atoms with E-state index in [2.05, 4.69) is 9.97 Å². The quantitative estimate of drug-likeness (QED) is 0.359. The predicted molar refractivity (Wildman–Crippen MR) is 139 cm³/mol. The van der Waals surface area contributed by atoms with Gasteiger partial charge in [0.25, 0.3) is 15.9 Å². The molecule has 3 aromatic rings. The van der Waals surface area contributed by atoms with E-state index >= 15 is 0 Å². The lowest BCUT2D eigenvalue weighted by Gasteiger charge is -2.17. The molecule has 0 aliphatic heterocycles. The molecule has 0 bridgehead atoms. The molecule has 37 heavy (non-hydrogen) atoms. The number of ether oxygens (including phenoxy) is 2.